The van der Waals surface area contributed by atoms with Gasteiger partial charge in [0.1, 0.15) is 6.33 Å². The number of benzene rings is 1. The highest BCUT2D eigenvalue weighted by atomic mass is 79.9. The molecule has 0 radical (unpaired) electrons. The van der Waals surface area contributed by atoms with Crippen LogP contribution in [0.15, 0.2) is 35.1 Å². The van der Waals surface area contributed by atoms with Gasteiger partial charge < -0.3 is 5.73 Å². The minimum atomic E-state index is -0.259. The third-order valence-corrected chi connectivity index (χ3v) is 2.59. The van der Waals surface area contributed by atoms with E-state index in [4.69, 9.17) is 5.73 Å². The van der Waals surface area contributed by atoms with Gasteiger partial charge in [0.15, 0.2) is 0 Å². The lowest BCUT2D eigenvalue weighted by molar-refractivity contribution is 0.0961. The number of rotatable bonds is 1. The second-order valence-corrected chi connectivity index (χ2v) is 3.70. The van der Waals surface area contributed by atoms with Crippen molar-refractivity contribution in [2.24, 2.45) is 0 Å². The molecule has 0 amide bonds. The third kappa shape index (κ3) is 1.75. The molecular weight excluding hydrogens is 260 g/mol. The quantitative estimate of drug-likeness (QED) is 0.845. The van der Waals surface area contributed by atoms with Gasteiger partial charge in [0.2, 0.25) is 5.95 Å². The minimum Gasteiger partial charge on any atom is -0.368 e. The number of carbonyl (C=O) groups excluding carboxylic acids is 1. The van der Waals surface area contributed by atoms with Crippen LogP contribution in [0.25, 0.3) is 0 Å². The summed E-state index contributed by atoms with van der Waals surface area (Å²) < 4.78 is 1.91. The van der Waals surface area contributed by atoms with Gasteiger partial charge in [-0.05, 0) is 28.1 Å². The molecule has 76 valence electrons. The molecule has 15 heavy (non-hydrogen) atoms. The first kappa shape index (κ1) is 9.85. The predicted octanol–water partition coefficient (Wildman–Crippen LogP) is 1.31. The van der Waals surface area contributed by atoms with Crippen LogP contribution in [0.1, 0.15) is 10.4 Å². The van der Waals surface area contributed by atoms with Crippen molar-refractivity contribution in [2.45, 2.75) is 0 Å². The summed E-state index contributed by atoms with van der Waals surface area (Å²) in [5, 5.41) is 7.10. The number of nitrogens with zero attached hydrogens (tertiary/aromatic N) is 3. The Morgan fingerprint density at radius 1 is 1.40 bits per heavy atom. The number of nitrogens with two attached hydrogens (primary N) is 1. The van der Waals surface area contributed by atoms with Gasteiger partial charge in [0.25, 0.3) is 5.91 Å². The van der Waals surface area contributed by atoms with Crippen LogP contribution in [0.2, 0.25) is 0 Å². The van der Waals surface area contributed by atoms with E-state index in [1.165, 1.54) is 10.9 Å². The molecule has 0 bridgehead atoms. The lowest BCUT2D eigenvalue weighted by Crippen LogP contribution is -2.14. The van der Waals surface area contributed by atoms with Crippen molar-refractivity contribution in [2.75, 3.05) is 5.73 Å². The highest BCUT2D eigenvalue weighted by molar-refractivity contribution is 9.10. The molecule has 0 spiro atoms. The number of anilines is 1. The number of nitrogen functional groups attached to an aromatic ring is 1. The molecule has 0 saturated carbocycles. The maximum atomic E-state index is 11.9. The molecule has 0 atom stereocenters. The summed E-state index contributed by atoms with van der Waals surface area (Å²) in [5.41, 5.74) is 6.00. The van der Waals surface area contributed by atoms with Crippen molar-refractivity contribution >= 4 is 27.8 Å². The molecule has 1 heterocycles. The summed E-state index contributed by atoms with van der Waals surface area (Å²) in [5.74, 6) is -0.180. The fourth-order valence-corrected chi connectivity index (χ4v) is 1.62. The van der Waals surface area contributed by atoms with Crippen molar-refractivity contribution in [3.63, 3.8) is 0 Å². The molecule has 2 N–H and O–H groups in total. The largest absolute Gasteiger partial charge is 0.368 e. The number of aromatic nitrogens is 3. The summed E-state index contributed by atoms with van der Waals surface area (Å²) in [6.07, 6.45) is 1.29. The second-order valence-electron chi connectivity index (χ2n) is 2.84. The summed E-state index contributed by atoms with van der Waals surface area (Å²) in [6.45, 7) is 0. The van der Waals surface area contributed by atoms with E-state index >= 15 is 0 Å². The molecule has 1 aromatic heterocycles. The lowest BCUT2D eigenvalue weighted by atomic mass is 10.2. The lowest BCUT2D eigenvalue weighted by Gasteiger charge is -2.03. The highest BCUT2D eigenvalue weighted by Gasteiger charge is 2.14. The molecular formula is C9H7BrN4O. The molecule has 0 aliphatic rings. The van der Waals surface area contributed by atoms with Gasteiger partial charge in [0.05, 0.1) is 5.56 Å². The SMILES string of the molecule is Nc1nncn1C(=O)c1ccccc1Br. The topological polar surface area (TPSA) is 73.8 Å². The Labute approximate surface area is 94.0 Å². The van der Waals surface area contributed by atoms with E-state index in [0.717, 1.165) is 0 Å². The van der Waals surface area contributed by atoms with Gasteiger partial charge in [0, 0.05) is 4.47 Å². The summed E-state index contributed by atoms with van der Waals surface area (Å²) in [4.78, 5) is 11.9. The molecule has 0 unspecified atom stereocenters. The zero-order valence-electron chi connectivity index (χ0n) is 7.59. The van der Waals surface area contributed by atoms with Crippen LogP contribution >= 0.6 is 15.9 Å². The van der Waals surface area contributed by atoms with Crippen molar-refractivity contribution in [1.82, 2.24) is 14.8 Å². The fraction of sp³-hybridized carbons (Fsp3) is 0. The van der Waals surface area contributed by atoms with Gasteiger partial charge in [-0.1, -0.05) is 12.1 Å². The van der Waals surface area contributed by atoms with E-state index < -0.39 is 0 Å². The molecule has 0 saturated heterocycles. The van der Waals surface area contributed by atoms with E-state index in [-0.39, 0.29) is 11.9 Å². The standard InChI is InChI=1S/C9H7BrN4O/c10-7-4-2-1-3-6(7)8(15)14-5-12-13-9(14)11/h1-5H,(H2,11,13). The first-order valence-corrected chi connectivity index (χ1v) is 4.94. The number of halogens is 1. The van der Waals surface area contributed by atoms with Gasteiger partial charge in [-0.3, -0.25) is 4.79 Å². The average molecular weight is 267 g/mol. The van der Waals surface area contributed by atoms with E-state index in [9.17, 15) is 4.79 Å². The molecule has 5 nitrogen and oxygen atoms in total. The molecule has 0 aliphatic heterocycles. The van der Waals surface area contributed by atoms with Crippen LogP contribution in [0, 0.1) is 0 Å². The summed E-state index contributed by atoms with van der Waals surface area (Å²) in [7, 11) is 0. The number of hydrogen-bond donors (Lipinski definition) is 1. The van der Waals surface area contributed by atoms with Gasteiger partial charge in [-0.25, -0.2) is 4.57 Å². The zero-order chi connectivity index (χ0) is 10.8. The first-order valence-electron chi connectivity index (χ1n) is 4.15. The average Bonchev–Trinajstić information content (AvgIpc) is 2.64. The van der Waals surface area contributed by atoms with Crippen molar-refractivity contribution in [3.8, 4) is 0 Å². The molecule has 6 heteroatoms. The molecule has 2 aromatic rings. The maximum absolute atomic E-state index is 11.9. The number of carbonyl (C=O) groups is 1. The van der Waals surface area contributed by atoms with Crippen LogP contribution in [0.5, 0.6) is 0 Å². The van der Waals surface area contributed by atoms with Crippen molar-refractivity contribution in [1.29, 1.82) is 0 Å². The van der Waals surface area contributed by atoms with Crippen LogP contribution in [-0.4, -0.2) is 20.7 Å². The summed E-state index contributed by atoms with van der Waals surface area (Å²) in [6, 6.07) is 7.09. The Morgan fingerprint density at radius 3 is 2.73 bits per heavy atom. The molecule has 0 aliphatic carbocycles. The molecule has 0 fully saturated rings. The van der Waals surface area contributed by atoms with E-state index in [0.29, 0.717) is 10.0 Å². The van der Waals surface area contributed by atoms with Crippen LogP contribution in [0.3, 0.4) is 0 Å². The van der Waals surface area contributed by atoms with Gasteiger partial charge >= 0.3 is 0 Å². The van der Waals surface area contributed by atoms with E-state index in [1.54, 1.807) is 18.2 Å². The second kappa shape index (κ2) is 3.82. The number of hydrogen-bond acceptors (Lipinski definition) is 4. The Morgan fingerprint density at radius 2 is 2.13 bits per heavy atom. The fourth-order valence-electron chi connectivity index (χ4n) is 1.16. The third-order valence-electron chi connectivity index (χ3n) is 1.90. The van der Waals surface area contributed by atoms with Gasteiger partial charge in [-0.2, -0.15) is 0 Å². The van der Waals surface area contributed by atoms with E-state index in [2.05, 4.69) is 26.1 Å². The van der Waals surface area contributed by atoms with Crippen molar-refractivity contribution in [3.05, 3.63) is 40.6 Å². The smallest absolute Gasteiger partial charge is 0.267 e. The predicted molar refractivity (Wildman–Crippen MR) is 58.3 cm³/mol. The molecule has 1 aromatic carbocycles. The van der Waals surface area contributed by atoms with Crippen LogP contribution in [0.4, 0.5) is 5.95 Å². The summed E-state index contributed by atoms with van der Waals surface area (Å²) >= 11 is 3.29. The highest BCUT2D eigenvalue weighted by Crippen LogP contribution is 2.17. The Balaban J connectivity index is 2.46. The minimum absolute atomic E-state index is 0.0794. The van der Waals surface area contributed by atoms with Gasteiger partial charge in [-0.15, -0.1) is 10.2 Å². The monoisotopic (exact) mass is 266 g/mol. The van der Waals surface area contributed by atoms with Crippen LogP contribution < -0.4 is 5.73 Å². The Kier molecular flexibility index (Phi) is 2.51. The van der Waals surface area contributed by atoms with Crippen molar-refractivity contribution < 1.29 is 4.79 Å². The Hall–Kier alpha value is -1.69. The normalized spacial score (nSPS) is 10.2. The molecule has 2 rings (SSSR count). The maximum Gasteiger partial charge on any atom is 0.267 e. The van der Waals surface area contributed by atoms with Crippen LogP contribution in [-0.2, 0) is 0 Å². The van der Waals surface area contributed by atoms with E-state index in [1.807, 2.05) is 6.07 Å². The first-order chi connectivity index (χ1) is 7.20. The Bertz CT molecular complexity index is 508. The zero-order valence-corrected chi connectivity index (χ0v) is 9.18.